The van der Waals surface area contributed by atoms with Gasteiger partial charge in [-0.1, -0.05) is 74.3 Å². The molecule has 0 aliphatic heterocycles. The van der Waals surface area contributed by atoms with Crippen molar-refractivity contribution in [2.24, 2.45) is 0 Å². The fraction of sp³-hybridized carbons (Fsp3) is 0.333. The maximum Gasteiger partial charge on any atom is 0.393 e. The largest absolute Gasteiger partial charge is 0.393 e. The molecule has 2 rings (SSSR count). The van der Waals surface area contributed by atoms with E-state index in [1.54, 1.807) is 0 Å². The smallest absolute Gasteiger partial charge is 0.0626 e. The van der Waals surface area contributed by atoms with Gasteiger partial charge in [-0.25, -0.2) is 0 Å². The van der Waals surface area contributed by atoms with E-state index in [0.717, 1.165) is 0 Å². The molecule has 1 nitrogen and oxygen atoms in total. The van der Waals surface area contributed by atoms with E-state index in [1.165, 1.54) is 33.4 Å². The average molecular weight is 321 g/mol. The molecule has 0 bridgehead atoms. The normalized spacial score (nSPS) is 9.29. The van der Waals surface area contributed by atoms with Gasteiger partial charge in [-0.05, 0) is 41.5 Å². The van der Waals surface area contributed by atoms with Gasteiger partial charge in [0.2, 0.25) is 0 Å². The molecule has 21 heavy (non-hydrogen) atoms. The lowest BCUT2D eigenvalue weighted by atomic mass is 10.1. The zero-order valence-corrected chi connectivity index (χ0v) is 15.7. The van der Waals surface area contributed by atoms with Crippen LogP contribution in [0.5, 0.6) is 0 Å². The van der Waals surface area contributed by atoms with Crippen molar-refractivity contribution in [1.29, 1.82) is 0 Å². The Morgan fingerprint density at radius 2 is 0.667 bits per heavy atom. The van der Waals surface area contributed by atoms with Gasteiger partial charge >= 0.3 is 7.66 Å². The fourth-order valence-corrected chi connectivity index (χ4v) is 2.40. The summed E-state index contributed by atoms with van der Waals surface area (Å²) in [6.07, 6.45) is 0. The van der Waals surface area contributed by atoms with E-state index in [4.69, 9.17) is 4.57 Å². The van der Waals surface area contributed by atoms with Crippen LogP contribution in [0.3, 0.4) is 0 Å². The Kier molecular flexibility index (Phi) is 10.0. The lowest BCUT2D eigenvalue weighted by Crippen LogP contribution is -1.78. The quantitative estimate of drug-likeness (QED) is 0.460. The lowest BCUT2D eigenvalue weighted by molar-refractivity contribution is 0.606. The minimum absolute atomic E-state index is 0.472. The van der Waals surface area contributed by atoms with Crippen molar-refractivity contribution in [3.05, 3.63) is 69.8 Å². The zero-order valence-electron chi connectivity index (χ0n) is 13.8. The highest BCUT2D eigenvalue weighted by Crippen LogP contribution is 2.07. The molecule has 114 valence electrons. The number of hydrogen-bond acceptors (Lipinski definition) is 1. The Balaban J connectivity index is 0.000000322. The summed E-state index contributed by atoms with van der Waals surface area (Å²) in [6, 6.07) is 13.1. The van der Waals surface area contributed by atoms with Gasteiger partial charge in [0.05, 0.1) is 0 Å². The third-order valence-electron chi connectivity index (χ3n) is 2.73. The molecule has 3 heteroatoms. The van der Waals surface area contributed by atoms with Gasteiger partial charge in [0, 0.05) is 0 Å². The van der Waals surface area contributed by atoms with Gasteiger partial charge in [-0.15, -0.1) is 0 Å². The minimum Gasteiger partial charge on any atom is -0.0626 e. The molecule has 0 aliphatic carbocycles. The molecular formula is C18H26OPS+. The Bertz CT molecular complexity index is 429. The fourth-order valence-electron chi connectivity index (χ4n) is 2.40. The molecule has 0 aromatic heterocycles. The summed E-state index contributed by atoms with van der Waals surface area (Å²) in [4.78, 5) is 0. The molecule has 0 heterocycles. The van der Waals surface area contributed by atoms with E-state index in [9.17, 15) is 0 Å². The van der Waals surface area contributed by atoms with Crippen molar-refractivity contribution in [3.63, 3.8) is 0 Å². The van der Waals surface area contributed by atoms with Crippen LogP contribution in [0.15, 0.2) is 36.4 Å². The first-order chi connectivity index (χ1) is 9.78. The summed E-state index contributed by atoms with van der Waals surface area (Å²) >= 11 is 3.26. The second-order valence-electron chi connectivity index (χ2n) is 5.42. The van der Waals surface area contributed by atoms with Crippen LogP contribution in [0.1, 0.15) is 33.4 Å². The second-order valence-corrected chi connectivity index (χ2v) is 6.15. The maximum absolute atomic E-state index is 8.82. The van der Waals surface area contributed by atoms with Crippen molar-refractivity contribution in [3.8, 4) is 0 Å². The van der Waals surface area contributed by atoms with Gasteiger partial charge in [0.1, 0.15) is 12.2 Å². The van der Waals surface area contributed by atoms with Crippen LogP contribution in [0.4, 0.5) is 0 Å². The van der Waals surface area contributed by atoms with Crippen LogP contribution in [0, 0.1) is 41.5 Å². The van der Waals surface area contributed by atoms with Crippen molar-refractivity contribution in [2.45, 2.75) is 41.5 Å². The summed E-state index contributed by atoms with van der Waals surface area (Å²) in [7, 11) is -0.472. The first-order valence-corrected chi connectivity index (χ1v) is 9.09. The molecule has 1 unspecified atom stereocenters. The minimum atomic E-state index is -0.472. The van der Waals surface area contributed by atoms with Gasteiger partial charge in [0.15, 0.2) is 0 Å². The maximum atomic E-state index is 8.82. The van der Waals surface area contributed by atoms with Crippen LogP contribution < -0.4 is 0 Å². The average Bonchev–Trinajstić information content (AvgIpc) is 2.26. The number of rotatable bonds is 0. The standard InChI is InChI=1S/2C9H12.HOPS/c2*1-7-4-8(2)6-9(3)5-7;1-2-3/h2*4-6H,1-3H3;(H,1,3)/p+1. The van der Waals surface area contributed by atoms with Gasteiger partial charge in [-0.3, -0.25) is 0 Å². The van der Waals surface area contributed by atoms with Crippen LogP contribution in [0.25, 0.3) is 0 Å². The third-order valence-corrected chi connectivity index (χ3v) is 2.73. The number of aryl methyl sites for hydroxylation is 6. The van der Waals surface area contributed by atoms with E-state index >= 15 is 0 Å². The SMILES string of the molecule is Cc1cc(C)cc(C)c1.Cc1cc(C)cc(C)c1.O=[PH+]S. The Labute approximate surface area is 136 Å². The highest BCUT2D eigenvalue weighted by atomic mass is 32.7. The Morgan fingerprint density at radius 1 is 0.571 bits per heavy atom. The highest BCUT2D eigenvalue weighted by Gasteiger charge is 1.88. The molecule has 1 atom stereocenters. The van der Waals surface area contributed by atoms with Crippen molar-refractivity contribution >= 4 is 19.9 Å². The molecule has 0 spiro atoms. The topological polar surface area (TPSA) is 17.1 Å². The number of benzene rings is 2. The number of hydrogen-bond donors (Lipinski definition) is 1. The summed E-state index contributed by atoms with van der Waals surface area (Å²) in [5.74, 6) is 0. The first kappa shape index (κ1) is 19.9. The molecule has 0 N–H and O–H groups in total. The van der Waals surface area contributed by atoms with Crippen LogP contribution in [-0.4, -0.2) is 0 Å². The van der Waals surface area contributed by atoms with E-state index in [0.29, 0.717) is 0 Å². The van der Waals surface area contributed by atoms with Crippen molar-refractivity contribution in [1.82, 2.24) is 0 Å². The summed E-state index contributed by atoms with van der Waals surface area (Å²) in [5, 5.41) is 0. The van der Waals surface area contributed by atoms with E-state index < -0.39 is 7.66 Å². The third kappa shape index (κ3) is 10.3. The van der Waals surface area contributed by atoms with E-state index in [2.05, 4.69) is 90.2 Å². The summed E-state index contributed by atoms with van der Waals surface area (Å²) in [5.41, 5.74) is 8.13. The lowest BCUT2D eigenvalue weighted by Gasteiger charge is -1.96. The predicted octanol–water partition coefficient (Wildman–Crippen LogP) is 6.08. The highest BCUT2D eigenvalue weighted by molar-refractivity contribution is 8.33. The molecule has 0 saturated heterocycles. The molecule has 2 aromatic carbocycles. The van der Waals surface area contributed by atoms with E-state index in [1.807, 2.05) is 0 Å². The van der Waals surface area contributed by atoms with Crippen LogP contribution >= 0.6 is 19.9 Å². The predicted molar refractivity (Wildman–Crippen MR) is 99.3 cm³/mol. The second kappa shape index (κ2) is 10.6. The molecule has 0 fully saturated rings. The van der Waals surface area contributed by atoms with Crippen LogP contribution in [0.2, 0.25) is 0 Å². The van der Waals surface area contributed by atoms with Gasteiger partial charge in [-0.2, -0.15) is 0 Å². The molecule has 0 radical (unpaired) electrons. The summed E-state index contributed by atoms with van der Waals surface area (Å²) in [6.45, 7) is 12.8. The first-order valence-electron chi connectivity index (χ1n) is 6.89. The summed E-state index contributed by atoms with van der Waals surface area (Å²) < 4.78 is 8.82. The monoisotopic (exact) mass is 321 g/mol. The van der Waals surface area contributed by atoms with Gasteiger partial charge in [0.25, 0.3) is 0 Å². The number of thiol groups is 1. The van der Waals surface area contributed by atoms with Crippen molar-refractivity contribution < 1.29 is 4.57 Å². The Morgan fingerprint density at radius 3 is 0.762 bits per heavy atom. The zero-order chi connectivity index (χ0) is 16.4. The van der Waals surface area contributed by atoms with Crippen molar-refractivity contribution in [2.75, 3.05) is 0 Å². The van der Waals surface area contributed by atoms with E-state index in [-0.39, 0.29) is 0 Å². The van der Waals surface area contributed by atoms with Gasteiger partial charge < -0.3 is 0 Å². The molecule has 0 saturated carbocycles. The Hall–Kier alpha value is -1.11. The molecular weight excluding hydrogens is 295 g/mol. The van der Waals surface area contributed by atoms with Crippen LogP contribution in [-0.2, 0) is 4.57 Å². The molecule has 0 amide bonds. The molecule has 0 aliphatic rings. The molecule has 2 aromatic rings.